The van der Waals surface area contributed by atoms with Crippen molar-refractivity contribution in [3.05, 3.63) is 63.2 Å². The highest BCUT2D eigenvalue weighted by molar-refractivity contribution is 6.44. The molecule has 25 heavy (non-hydrogen) atoms. The zero-order chi connectivity index (χ0) is 18.0. The van der Waals surface area contributed by atoms with Crippen molar-refractivity contribution in [2.45, 2.75) is 12.8 Å². The van der Waals surface area contributed by atoms with Crippen LogP contribution in [0, 0.1) is 10.1 Å². The third kappa shape index (κ3) is 3.46. The molecular formula is C17H14ClN3O4. The molecule has 0 bridgehead atoms. The number of rotatable bonds is 2. The summed E-state index contributed by atoms with van der Waals surface area (Å²) >= 11 is 5.74. The average Bonchev–Trinajstić information content (AvgIpc) is 2.62. The maximum absolute atomic E-state index is 12.5. The number of nitro benzene ring substituents is 1. The highest BCUT2D eigenvalue weighted by atomic mass is 35.5. The number of nitrogens with zero attached hydrogens (tertiary/aromatic N) is 2. The highest BCUT2D eigenvalue weighted by Gasteiger charge is 2.27. The van der Waals surface area contributed by atoms with Gasteiger partial charge in [0.2, 0.25) is 0 Å². The summed E-state index contributed by atoms with van der Waals surface area (Å²) in [7, 11) is 0. The second-order valence-electron chi connectivity index (χ2n) is 5.57. The van der Waals surface area contributed by atoms with Crippen LogP contribution in [-0.4, -0.2) is 23.3 Å². The predicted octanol–water partition coefficient (Wildman–Crippen LogP) is 3.17. The first kappa shape index (κ1) is 16.9. The SMILES string of the molecule is O=C(Nc1ccc(Cl)c([N+](=O)[O-])c1)C(=O)N1CCCc2ccccc21. The summed E-state index contributed by atoms with van der Waals surface area (Å²) in [4.78, 5) is 36.5. The Balaban J connectivity index is 1.80. The first-order valence-electron chi connectivity index (χ1n) is 7.62. The lowest BCUT2D eigenvalue weighted by atomic mass is 10.0. The molecule has 2 aromatic carbocycles. The third-order valence-electron chi connectivity index (χ3n) is 3.95. The summed E-state index contributed by atoms with van der Waals surface area (Å²) in [5, 5.41) is 13.3. The Labute approximate surface area is 148 Å². The number of nitrogens with one attached hydrogen (secondary N) is 1. The number of carbonyl (C=O) groups is 2. The van der Waals surface area contributed by atoms with Crippen LogP contribution < -0.4 is 10.2 Å². The van der Waals surface area contributed by atoms with Crippen LogP contribution in [0.5, 0.6) is 0 Å². The molecule has 0 aliphatic carbocycles. The molecule has 0 saturated heterocycles. The van der Waals surface area contributed by atoms with Crippen LogP contribution in [0.4, 0.5) is 17.1 Å². The molecule has 2 amide bonds. The zero-order valence-electron chi connectivity index (χ0n) is 13.1. The molecule has 128 valence electrons. The molecule has 0 atom stereocenters. The van der Waals surface area contributed by atoms with Crippen LogP contribution in [-0.2, 0) is 16.0 Å². The van der Waals surface area contributed by atoms with Gasteiger partial charge in [0, 0.05) is 24.0 Å². The minimum absolute atomic E-state index is 0.0423. The van der Waals surface area contributed by atoms with Crippen molar-refractivity contribution in [2.24, 2.45) is 0 Å². The second-order valence-corrected chi connectivity index (χ2v) is 5.97. The van der Waals surface area contributed by atoms with E-state index < -0.39 is 16.7 Å². The van der Waals surface area contributed by atoms with Gasteiger partial charge < -0.3 is 10.2 Å². The summed E-state index contributed by atoms with van der Waals surface area (Å²) in [6.07, 6.45) is 1.62. The maximum Gasteiger partial charge on any atom is 0.316 e. The van der Waals surface area contributed by atoms with E-state index in [1.807, 2.05) is 18.2 Å². The highest BCUT2D eigenvalue weighted by Crippen LogP contribution is 2.29. The van der Waals surface area contributed by atoms with Crippen molar-refractivity contribution < 1.29 is 14.5 Å². The van der Waals surface area contributed by atoms with Gasteiger partial charge in [0.05, 0.1) is 4.92 Å². The minimum atomic E-state index is -0.853. The maximum atomic E-state index is 12.5. The van der Waals surface area contributed by atoms with Crippen LogP contribution in [0.25, 0.3) is 0 Å². The number of fused-ring (bicyclic) bond motifs is 1. The zero-order valence-corrected chi connectivity index (χ0v) is 13.8. The van der Waals surface area contributed by atoms with Crippen molar-refractivity contribution in [1.82, 2.24) is 0 Å². The minimum Gasteiger partial charge on any atom is -0.318 e. The normalized spacial score (nSPS) is 13.1. The number of hydrogen-bond donors (Lipinski definition) is 1. The molecule has 1 N–H and O–H groups in total. The summed E-state index contributed by atoms with van der Waals surface area (Å²) < 4.78 is 0. The Bertz CT molecular complexity index is 869. The van der Waals surface area contributed by atoms with Gasteiger partial charge in [-0.15, -0.1) is 0 Å². The first-order chi connectivity index (χ1) is 12.0. The fourth-order valence-electron chi connectivity index (χ4n) is 2.78. The standard InChI is InChI=1S/C17H14ClN3O4/c18-13-8-7-12(10-15(13)21(24)25)19-16(22)17(23)20-9-3-5-11-4-1-2-6-14(11)20/h1-2,4,6-8,10H,3,5,9H2,(H,19,22). The average molecular weight is 360 g/mol. The lowest BCUT2D eigenvalue weighted by Crippen LogP contribution is -2.42. The molecule has 0 spiro atoms. The van der Waals surface area contributed by atoms with Crippen LogP contribution >= 0.6 is 11.6 Å². The molecule has 0 fully saturated rings. The predicted molar refractivity (Wildman–Crippen MR) is 93.9 cm³/mol. The first-order valence-corrected chi connectivity index (χ1v) is 8.00. The number of hydrogen-bond acceptors (Lipinski definition) is 4. The number of aryl methyl sites for hydroxylation is 1. The number of carbonyl (C=O) groups excluding carboxylic acids is 2. The lowest BCUT2D eigenvalue weighted by molar-refractivity contribution is -0.384. The van der Waals surface area contributed by atoms with Crippen LogP contribution in [0.15, 0.2) is 42.5 Å². The molecule has 3 rings (SSSR count). The summed E-state index contributed by atoms with van der Waals surface area (Å²) in [6.45, 7) is 0.448. The van der Waals surface area contributed by atoms with Crippen molar-refractivity contribution >= 4 is 40.5 Å². The van der Waals surface area contributed by atoms with E-state index >= 15 is 0 Å². The van der Waals surface area contributed by atoms with Gasteiger partial charge in [0.1, 0.15) is 5.02 Å². The van der Waals surface area contributed by atoms with E-state index in [9.17, 15) is 19.7 Å². The molecule has 0 radical (unpaired) electrons. The topological polar surface area (TPSA) is 92.5 Å². The van der Waals surface area contributed by atoms with E-state index in [4.69, 9.17) is 11.6 Å². The van der Waals surface area contributed by atoms with Gasteiger partial charge >= 0.3 is 11.8 Å². The molecule has 1 heterocycles. The Morgan fingerprint density at radius 2 is 1.96 bits per heavy atom. The van der Waals surface area contributed by atoms with Crippen LogP contribution in [0.1, 0.15) is 12.0 Å². The van der Waals surface area contributed by atoms with E-state index in [0.29, 0.717) is 6.54 Å². The summed E-state index contributed by atoms with van der Waals surface area (Å²) in [6, 6.07) is 11.3. The number of anilines is 2. The third-order valence-corrected chi connectivity index (χ3v) is 4.27. The molecule has 0 saturated carbocycles. The number of amides is 2. The lowest BCUT2D eigenvalue weighted by Gasteiger charge is -2.28. The molecule has 8 heteroatoms. The van der Waals surface area contributed by atoms with Gasteiger partial charge in [-0.1, -0.05) is 29.8 Å². The van der Waals surface area contributed by atoms with E-state index in [1.54, 1.807) is 6.07 Å². The van der Waals surface area contributed by atoms with E-state index in [1.165, 1.54) is 17.0 Å². The molecule has 2 aromatic rings. The van der Waals surface area contributed by atoms with Gasteiger partial charge in [-0.2, -0.15) is 0 Å². The second kappa shape index (κ2) is 6.90. The van der Waals surface area contributed by atoms with Crippen molar-refractivity contribution in [2.75, 3.05) is 16.8 Å². The number of para-hydroxylation sites is 1. The van der Waals surface area contributed by atoms with Gasteiger partial charge in [-0.3, -0.25) is 19.7 Å². The Hall–Kier alpha value is -2.93. The number of nitro groups is 1. The number of benzene rings is 2. The largest absolute Gasteiger partial charge is 0.318 e. The van der Waals surface area contributed by atoms with Crippen molar-refractivity contribution in [3.8, 4) is 0 Å². The Kier molecular flexibility index (Phi) is 4.67. The number of halogens is 1. The van der Waals surface area contributed by atoms with Crippen LogP contribution in [0.2, 0.25) is 5.02 Å². The van der Waals surface area contributed by atoms with Gasteiger partial charge in [0.15, 0.2) is 0 Å². The quantitative estimate of drug-likeness (QED) is 0.506. The Morgan fingerprint density at radius 3 is 2.72 bits per heavy atom. The molecule has 0 unspecified atom stereocenters. The summed E-state index contributed by atoms with van der Waals surface area (Å²) in [5.74, 6) is -1.56. The summed E-state index contributed by atoms with van der Waals surface area (Å²) in [5.41, 5.74) is 1.53. The molecule has 7 nitrogen and oxygen atoms in total. The van der Waals surface area contributed by atoms with Crippen molar-refractivity contribution in [3.63, 3.8) is 0 Å². The van der Waals surface area contributed by atoms with Gasteiger partial charge in [-0.05, 0) is 36.6 Å². The monoisotopic (exact) mass is 359 g/mol. The van der Waals surface area contributed by atoms with Gasteiger partial charge in [0.25, 0.3) is 5.69 Å². The fraction of sp³-hybridized carbons (Fsp3) is 0.176. The van der Waals surface area contributed by atoms with Gasteiger partial charge in [-0.25, -0.2) is 0 Å². The molecule has 0 aromatic heterocycles. The Morgan fingerprint density at radius 1 is 1.20 bits per heavy atom. The molecular weight excluding hydrogens is 346 g/mol. The molecule has 1 aliphatic heterocycles. The fourth-order valence-corrected chi connectivity index (χ4v) is 2.97. The smallest absolute Gasteiger partial charge is 0.316 e. The van der Waals surface area contributed by atoms with Crippen LogP contribution in [0.3, 0.4) is 0 Å². The molecule has 1 aliphatic rings. The van der Waals surface area contributed by atoms with E-state index in [0.717, 1.165) is 30.2 Å². The van der Waals surface area contributed by atoms with Crippen molar-refractivity contribution in [1.29, 1.82) is 0 Å². The van der Waals surface area contributed by atoms with E-state index in [-0.39, 0.29) is 16.4 Å². The van der Waals surface area contributed by atoms with E-state index in [2.05, 4.69) is 5.32 Å².